The number of rotatable bonds is 4. The molecule has 106 valence electrons. The SMILES string of the molecule is O=Cc1ccc(C#CCNC(=O)OCc2ccccc2)o1. The second-order valence-corrected chi connectivity index (χ2v) is 4.04. The molecule has 1 aromatic heterocycles. The van der Waals surface area contributed by atoms with Crippen molar-refractivity contribution in [2.75, 3.05) is 6.54 Å². The van der Waals surface area contributed by atoms with E-state index in [0.717, 1.165) is 5.56 Å². The van der Waals surface area contributed by atoms with Crippen LogP contribution in [0.1, 0.15) is 21.9 Å². The second-order valence-electron chi connectivity index (χ2n) is 4.04. The topological polar surface area (TPSA) is 68.5 Å². The smallest absolute Gasteiger partial charge is 0.408 e. The van der Waals surface area contributed by atoms with Crippen molar-refractivity contribution in [3.63, 3.8) is 0 Å². The van der Waals surface area contributed by atoms with E-state index in [4.69, 9.17) is 9.15 Å². The number of hydrogen-bond acceptors (Lipinski definition) is 4. The number of carbonyl (C=O) groups excluding carboxylic acids is 2. The van der Waals surface area contributed by atoms with E-state index in [2.05, 4.69) is 17.2 Å². The van der Waals surface area contributed by atoms with Crippen LogP contribution in [0.5, 0.6) is 0 Å². The Hall–Kier alpha value is -3.00. The molecule has 0 aliphatic carbocycles. The van der Waals surface area contributed by atoms with E-state index in [1.807, 2.05) is 30.3 Å². The lowest BCUT2D eigenvalue weighted by Gasteiger charge is -2.04. The number of hydrogen-bond donors (Lipinski definition) is 1. The average molecular weight is 283 g/mol. The summed E-state index contributed by atoms with van der Waals surface area (Å²) in [6.45, 7) is 0.339. The van der Waals surface area contributed by atoms with Gasteiger partial charge < -0.3 is 14.5 Å². The van der Waals surface area contributed by atoms with Gasteiger partial charge in [0.05, 0.1) is 6.54 Å². The Morgan fingerprint density at radius 1 is 1.24 bits per heavy atom. The maximum Gasteiger partial charge on any atom is 0.408 e. The van der Waals surface area contributed by atoms with Gasteiger partial charge in [0.15, 0.2) is 17.8 Å². The molecule has 1 N–H and O–H groups in total. The van der Waals surface area contributed by atoms with Crippen LogP contribution in [0.4, 0.5) is 4.79 Å². The molecule has 21 heavy (non-hydrogen) atoms. The summed E-state index contributed by atoms with van der Waals surface area (Å²) in [6.07, 6.45) is 0.0610. The maximum atomic E-state index is 11.4. The van der Waals surface area contributed by atoms with Gasteiger partial charge in [-0.3, -0.25) is 4.79 Å². The molecule has 0 bridgehead atoms. The number of alkyl carbamates (subject to hydrolysis) is 1. The zero-order chi connectivity index (χ0) is 14.9. The van der Waals surface area contributed by atoms with Crippen LogP contribution < -0.4 is 5.32 Å². The summed E-state index contributed by atoms with van der Waals surface area (Å²) in [4.78, 5) is 21.8. The number of carbonyl (C=O) groups is 2. The quantitative estimate of drug-likeness (QED) is 0.691. The molecular weight excluding hydrogens is 270 g/mol. The average Bonchev–Trinajstić information content (AvgIpc) is 2.98. The minimum Gasteiger partial charge on any atom is -0.445 e. The number of nitrogens with one attached hydrogen (secondary N) is 1. The summed E-state index contributed by atoms with van der Waals surface area (Å²) in [5, 5.41) is 2.50. The fourth-order valence-electron chi connectivity index (χ4n) is 1.51. The molecule has 0 atom stereocenters. The zero-order valence-electron chi connectivity index (χ0n) is 11.2. The van der Waals surface area contributed by atoms with Crippen molar-refractivity contribution in [2.45, 2.75) is 6.61 Å². The van der Waals surface area contributed by atoms with Gasteiger partial charge in [0, 0.05) is 0 Å². The number of ether oxygens (including phenoxy) is 1. The molecule has 0 fully saturated rings. The largest absolute Gasteiger partial charge is 0.445 e. The molecule has 2 aromatic rings. The Bertz CT molecular complexity index is 664. The summed E-state index contributed by atoms with van der Waals surface area (Å²) in [5.41, 5.74) is 0.913. The van der Waals surface area contributed by atoms with Crippen molar-refractivity contribution in [3.8, 4) is 11.8 Å². The van der Waals surface area contributed by atoms with Crippen LogP contribution in [0.2, 0.25) is 0 Å². The fourth-order valence-corrected chi connectivity index (χ4v) is 1.51. The Balaban J connectivity index is 1.71. The minimum atomic E-state index is -0.541. The molecule has 1 amide bonds. The van der Waals surface area contributed by atoms with Gasteiger partial charge in [0.2, 0.25) is 0 Å². The summed E-state index contributed by atoms with van der Waals surface area (Å²) >= 11 is 0. The first-order valence-electron chi connectivity index (χ1n) is 6.26. The van der Waals surface area contributed by atoms with Gasteiger partial charge in [-0.2, -0.15) is 0 Å². The van der Waals surface area contributed by atoms with Crippen molar-refractivity contribution < 1.29 is 18.7 Å². The highest BCUT2D eigenvalue weighted by molar-refractivity contribution is 5.70. The Labute approximate surface area is 121 Å². The third-order valence-corrected chi connectivity index (χ3v) is 2.49. The Morgan fingerprint density at radius 3 is 2.76 bits per heavy atom. The number of furan rings is 1. The second kappa shape index (κ2) is 7.56. The van der Waals surface area contributed by atoms with Gasteiger partial charge in [-0.05, 0) is 23.6 Å². The molecule has 0 spiro atoms. The van der Waals surface area contributed by atoms with E-state index in [0.29, 0.717) is 12.0 Å². The summed E-state index contributed by atoms with van der Waals surface area (Å²) in [5.74, 6) is 5.97. The predicted octanol–water partition coefficient (Wildman–Crippen LogP) is 2.37. The summed E-state index contributed by atoms with van der Waals surface area (Å²) < 4.78 is 10.1. The molecule has 0 radical (unpaired) electrons. The van der Waals surface area contributed by atoms with Gasteiger partial charge in [-0.1, -0.05) is 36.3 Å². The summed E-state index contributed by atoms with van der Waals surface area (Å²) in [7, 11) is 0. The van der Waals surface area contributed by atoms with E-state index in [9.17, 15) is 9.59 Å². The van der Waals surface area contributed by atoms with E-state index in [1.54, 1.807) is 6.07 Å². The first kappa shape index (κ1) is 14.4. The van der Waals surface area contributed by atoms with Crippen LogP contribution in [0.3, 0.4) is 0 Å². The lowest BCUT2D eigenvalue weighted by molar-refractivity contribution is 0.110. The zero-order valence-corrected chi connectivity index (χ0v) is 11.2. The van der Waals surface area contributed by atoms with Crippen molar-refractivity contribution in [2.24, 2.45) is 0 Å². The van der Waals surface area contributed by atoms with Crippen LogP contribution >= 0.6 is 0 Å². The first-order chi connectivity index (χ1) is 10.3. The molecular formula is C16H13NO4. The van der Waals surface area contributed by atoms with E-state index >= 15 is 0 Å². The normalized spacial score (nSPS) is 9.33. The molecule has 0 saturated heterocycles. The van der Waals surface area contributed by atoms with Gasteiger partial charge in [0.25, 0.3) is 0 Å². The number of amides is 1. The molecule has 0 saturated carbocycles. The van der Waals surface area contributed by atoms with Crippen LogP contribution in [0.15, 0.2) is 46.9 Å². The minimum absolute atomic E-state index is 0.130. The van der Waals surface area contributed by atoms with Crippen LogP contribution in [-0.2, 0) is 11.3 Å². The van der Waals surface area contributed by atoms with E-state index < -0.39 is 6.09 Å². The van der Waals surface area contributed by atoms with Gasteiger partial charge in [0.1, 0.15) is 6.61 Å². The molecule has 2 rings (SSSR count). The highest BCUT2D eigenvalue weighted by atomic mass is 16.5. The van der Waals surface area contributed by atoms with Gasteiger partial charge in [-0.15, -0.1) is 0 Å². The van der Waals surface area contributed by atoms with Gasteiger partial charge in [-0.25, -0.2) is 4.79 Å². The third-order valence-electron chi connectivity index (χ3n) is 2.49. The van der Waals surface area contributed by atoms with Crippen LogP contribution in [0.25, 0.3) is 0 Å². The highest BCUT2D eigenvalue weighted by Gasteiger charge is 2.00. The molecule has 0 aliphatic rings. The van der Waals surface area contributed by atoms with Gasteiger partial charge >= 0.3 is 6.09 Å². The molecule has 5 heteroatoms. The van der Waals surface area contributed by atoms with Crippen LogP contribution in [-0.4, -0.2) is 18.9 Å². The fraction of sp³-hybridized carbons (Fsp3) is 0.125. The third kappa shape index (κ3) is 4.88. The first-order valence-corrected chi connectivity index (χ1v) is 6.26. The van der Waals surface area contributed by atoms with Crippen molar-refractivity contribution in [1.29, 1.82) is 0 Å². The highest BCUT2D eigenvalue weighted by Crippen LogP contribution is 2.03. The Kier molecular flexibility index (Phi) is 5.18. The summed E-state index contributed by atoms with van der Waals surface area (Å²) in [6, 6.07) is 12.5. The number of benzene rings is 1. The maximum absolute atomic E-state index is 11.4. The van der Waals surface area contributed by atoms with E-state index in [1.165, 1.54) is 6.07 Å². The number of aldehydes is 1. The van der Waals surface area contributed by atoms with Crippen LogP contribution in [0, 0.1) is 11.8 Å². The monoisotopic (exact) mass is 283 g/mol. The van der Waals surface area contributed by atoms with Crippen molar-refractivity contribution in [1.82, 2.24) is 5.32 Å². The molecule has 5 nitrogen and oxygen atoms in total. The molecule has 1 aromatic carbocycles. The molecule has 1 heterocycles. The molecule has 0 aliphatic heterocycles. The molecule has 0 unspecified atom stereocenters. The van der Waals surface area contributed by atoms with E-state index in [-0.39, 0.29) is 18.9 Å². The standard InChI is InChI=1S/C16H13NO4/c18-11-15-9-8-14(21-15)7-4-10-17-16(19)20-12-13-5-2-1-3-6-13/h1-3,5-6,8-9,11H,10,12H2,(H,17,19). The van der Waals surface area contributed by atoms with Crippen molar-refractivity contribution >= 4 is 12.4 Å². The van der Waals surface area contributed by atoms with Crippen molar-refractivity contribution in [3.05, 3.63) is 59.5 Å². The lowest BCUT2D eigenvalue weighted by atomic mass is 10.2. The lowest BCUT2D eigenvalue weighted by Crippen LogP contribution is -2.24. The predicted molar refractivity (Wildman–Crippen MR) is 75.6 cm³/mol. The Morgan fingerprint density at radius 2 is 2.05 bits per heavy atom.